The molecule has 1 aliphatic rings. The maximum Gasteiger partial charge on any atom is 0.274 e. The minimum absolute atomic E-state index is 0.256. The Morgan fingerprint density at radius 3 is 2.58 bits per heavy atom. The molecule has 8 nitrogen and oxygen atoms in total. The Hall–Kier alpha value is -4.21. The highest BCUT2D eigenvalue weighted by Gasteiger charge is 2.18. The Bertz CT molecular complexity index is 1550. The fourth-order valence-corrected chi connectivity index (χ4v) is 5.30. The van der Waals surface area contributed by atoms with Gasteiger partial charge in [0.05, 0.1) is 22.6 Å². The van der Waals surface area contributed by atoms with E-state index < -0.39 is 0 Å². The van der Waals surface area contributed by atoms with E-state index in [2.05, 4.69) is 42.7 Å². The van der Waals surface area contributed by atoms with Crippen LogP contribution in [0.5, 0.6) is 0 Å². The van der Waals surface area contributed by atoms with Gasteiger partial charge in [-0.2, -0.15) is 5.10 Å². The van der Waals surface area contributed by atoms with Crippen molar-refractivity contribution < 1.29 is 4.79 Å². The number of fused-ring (bicyclic) bond motifs is 1. The summed E-state index contributed by atoms with van der Waals surface area (Å²) in [7, 11) is 0. The first-order valence-corrected chi connectivity index (χ1v) is 13.6. The van der Waals surface area contributed by atoms with Crippen LogP contribution in [0.1, 0.15) is 16.1 Å². The standard InChI is InChI=1S/C29H27N7OS/c37-29(34-24-8-4-5-9-26(24)35-16-13-30-14-17-35)25-12-15-36-28(33-25)23(19-32-36)22-10-11-27(31-18-22)38-20-21-6-2-1-3-7-21/h1-12,15,18-19,30H,13-14,16-17,20H2,(H,34,37). The molecule has 2 aromatic carbocycles. The van der Waals surface area contributed by atoms with Crippen LogP contribution in [-0.4, -0.2) is 51.7 Å². The number of benzene rings is 2. The van der Waals surface area contributed by atoms with Crippen LogP contribution in [0.15, 0.2) is 96.4 Å². The number of amides is 1. The van der Waals surface area contributed by atoms with E-state index in [4.69, 9.17) is 0 Å². The quantitative estimate of drug-likeness (QED) is 0.299. The summed E-state index contributed by atoms with van der Waals surface area (Å²) in [5, 5.41) is 11.8. The molecule has 5 aromatic rings. The molecule has 1 fully saturated rings. The third-order valence-corrected chi connectivity index (χ3v) is 7.50. The highest BCUT2D eigenvalue weighted by Crippen LogP contribution is 2.28. The van der Waals surface area contributed by atoms with E-state index in [9.17, 15) is 4.79 Å². The Balaban J connectivity index is 1.20. The first-order valence-electron chi connectivity index (χ1n) is 12.6. The number of pyridine rings is 1. The summed E-state index contributed by atoms with van der Waals surface area (Å²) in [6, 6.07) is 24.0. The number of hydrogen-bond donors (Lipinski definition) is 2. The van der Waals surface area contributed by atoms with Crippen molar-refractivity contribution >= 4 is 34.7 Å². The lowest BCUT2D eigenvalue weighted by atomic mass is 10.1. The Morgan fingerprint density at radius 1 is 0.947 bits per heavy atom. The minimum atomic E-state index is -0.256. The second-order valence-corrected chi connectivity index (χ2v) is 10.0. The van der Waals surface area contributed by atoms with Gasteiger partial charge in [0.1, 0.15) is 5.69 Å². The monoisotopic (exact) mass is 521 g/mol. The molecule has 2 N–H and O–H groups in total. The second-order valence-electron chi connectivity index (χ2n) is 9.01. The molecule has 6 rings (SSSR count). The van der Waals surface area contributed by atoms with Gasteiger partial charge in [-0.3, -0.25) is 4.79 Å². The van der Waals surface area contributed by atoms with Gasteiger partial charge in [-0.1, -0.05) is 42.5 Å². The van der Waals surface area contributed by atoms with Crippen LogP contribution in [0.4, 0.5) is 11.4 Å². The average Bonchev–Trinajstić information content (AvgIpc) is 3.41. The van der Waals surface area contributed by atoms with Gasteiger partial charge in [-0.15, -0.1) is 11.8 Å². The predicted octanol–water partition coefficient (Wildman–Crippen LogP) is 4.75. The van der Waals surface area contributed by atoms with Gasteiger partial charge in [0, 0.05) is 55.5 Å². The van der Waals surface area contributed by atoms with Gasteiger partial charge in [0.15, 0.2) is 5.65 Å². The summed E-state index contributed by atoms with van der Waals surface area (Å²) < 4.78 is 1.68. The summed E-state index contributed by atoms with van der Waals surface area (Å²) in [4.78, 5) is 24.8. The molecule has 0 aliphatic carbocycles. The molecule has 0 saturated carbocycles. The largest absolute Gasteiger partial charge is 0.367 e. The number of thioether (sulfide) groups is 1. The molecule has 0 spiro atoms. The second kappa shape index (κ2) is 11.0. The SMILES string of the molecule is O=C(Nc1ccccc1N1CCNCC1)c1ccn2ncc(-c3ccc(SCc4ccccc4)nc3)c2n1. The maximum absolute atomic E-state index is 13.2. The number of nitrogens with zero attached hydrogens (tertiary/aromatic N) is 5. The average molecular weight is 522 g/mol. The van der Waals surface area contributed by atoms with Crippen LogP contribution in [0.3, 0.4) is 0 Å². The number of carbonyl (C=O) groups is 1. The van der Waals surface area contributed by atoms with Gasteiger partial charge in [0.25, 0.3) is 5.91 Å². The van der Waals surface area contributed by atoms with Crippen LogP contribution < -0.4 is 15.5 Å². The number of hydrogen-bond acceptors (Lipinski definition) is 7. The number of rotatable bonds is 7. The molecule has 0 bridgehead atoms. The molecule has 38 heavy (non-hydrogen) atoms. The fourth-order valence-electron chi connectivity index (χ4n) is 4.50. The van der Waals surface area contributed by atoms with E-state index in [0.29, 0.717) is 11.3 Å². The molecule has 1 amide bonds. The van der Waals surface area contributed by atoms with E-state index in [0.717, 1.165) is 59.5 Å². The number of piperazine rings is 1. The lowest BCUT2D eigenvalue weighted by Crippen LogP contribution is -2.43. The Kier molecular flexibility index (Phi) is 7.01. The topological polar surface area (TPSA) is 87.5 Å². The molecule has 9 heteroatoms. The highest BCUT2D eigenvalue weighted by molar-refractivity contribution is 7.98. The molecule has 190 valence electrons. The molecule has 3 aromatic heterocycles. The molecular formula is C29H27N7OS. The smallest absolute Gasteiger partial charge is 0.274 e. The van der Waals surface area contributed by atoms with Gasteiger partial charge < -0.3 is 15.5 Å². The zero-order valence-corrected chi connectivity index (χ0v) is 21.6. The summed E-state index contributed by atoms with van der Waals surface area (Å²) in [6.07, 6.45) is 5.36. The van der Waals surface area contributed by atoms with Gasteiger partial charge in [0.2, 0.25) is 0 Å². The third kappa shape index (κ3) is 5.25. The normalized spacial score (nSPS) is 13.5. The predicted molar refractivity (Wildman–Crippen MR) is 152 cm³/mol. The summed E-state index contributed by atoms with van der Waals surface area (Å²) >= 11 is 1.69. The van der Waals surface area contributed by atoms with Crippen molar-refractivity contribution in [1.29, 1.82) is 0 Å². The van der Waals surface area contributed by atoms with Gasteiger partial charge >= 0.3 is 0 Å². The lowest BCUT2D eigenvalue weighted by molar-refractivity contribution is 0.102. The molecule has 0 radical (unpaired) electrons. The van der Waals surface area contributed by atoms with Crippen molar-refractivity contribution in [2.24, 2.45) is 0 Å². The molecular weight excluding hydrogens is 494 g/mol. The number of nitrogens with one attached hydrogen (secondary N) is 2. The fraction of sp³-hybridized carbons (Fsp3) is 0.172. The van der Waals surface area contributed by atoms with Crippen molar-refractivity contribution in [2.45, 2.75) is 10.8 Å². The zero-order valence-electron chi connectivity index (χ0n) is 20.7. The number of aromatic nitrogens is 4. The van der Waals surface area contributed by atoms with Crippen molar-refractivity contribution in [3.05, 3.63) is 103 Å². The lowest BCUT2D eigenvalue weighted by Gasteiger charge is -2.31. The summed E-state index contributed by atoms with van der Waals surface area (Å²) in [5.41, 5.74) is 5.73. The van der Waals surface area contributed by atoms with Gasteiger partial charge in [-0.05, 0) is 35.9 Å². The summed E-state index contributed by atoms with van der Waals surface area (Å²) in [5.74, 6) is 0.606. The summed E-state index contributed by atoms with van der Waals surface area (Å²) in [6.45, 7) is 3.64. The zero-order chi connectivity index (χ0) is 25.7. The van der Waals surface area contributed by atoms with Gasteiger partial charge in [-0.25, -0.2) is 14.5 Å². The maximum atomic E-state index is 13.2. The van der Waals surface area contributed by atoms with E-state index in [1.807, 2.05) is 60.8 Å². The van der Waals surface area contributed by atoms with Crippen LogP contribution in [-0.2, 0) is 5.75 Å². The molecule has 0 atom stereocenters. The van der Waals surface area contributed by atoms with E-state index in [-0.39, 0.29) is 5.91 Å². The van der Waals surface area contributed by atoms with Crippen LogP contribution in [0, 0.1) is 0 Å². The molecule has 0 unspecified atom stereocenters. The van der Waals surface area contributed by atoms with Crippen molar-refractivity contribution in [3.8, 4) is 11.1 Å². The first kappa shape index (κ1) is 24.1. The molecule has 1 saturated heterocycles. The first-order chi connectivity index (χ1) is 18.7. The van der Waals surface area contributed by atoms with Crippen LogP contribution in [0.25, 0.3) is 16.8 Å². The highest BCUT2D eigenvalue weighted by atomic mass is 32.2. The Morgan fingerprint density at radius 2 is 1.76 bits per heavy atom. The number of anilines is 2. The van der Waals surface area contributed by atoms with Crippen molar-refractivity contribution in [3.63, 3.8) is 0 Å². The third-order valence-electron chi connectivity index (χ3n) is 6.49. The van der Waals surface area contributed by atoms with Crippen molar-refractivity contribution in [1.82, 2.24) is 24.9 Å². The van der Waals surface area contributed by atoms with E-state index in [1.165, 1.54) is 5.56 Å². The van der Waals surface area contributed by atoms with Crippen molar-refractivity contribution in [2.75, 3.05) is 36.4 Å². The van der Waals surface area contributed by atoms with E-state index in [1.54, 1.807) is 34.7 Å². The molecule has 4 heterocycles. The van der Waals surface area contributed by atoms with E-state index >= 15 is 0 Å². The number of para-hydroxylation sites is 2. The van der Waals surface area contributed by atoms with Crippen LogP contribution >= 0.6 is 11.8 Å². The van der Waals surface area contributed by atoms with Crippen LogP contribution in [0.2, 0.25) is 0 Å². The molecule has 1 aliphatic heterocycles. The minimum Gasteiger partial charge on any atom is -0.367 e. The number of carbonyl (C=O) groups excluding carboxylic acids is 1. The Labute approximate surface area is 225 Å².